The SMILES string of the molecule is COc1ccc(/C=C2\C(=O)NN(c3ccccc3)C2=O)cc1. The molecule has 110 valence electrons. The molecule has 1 aliphatic rings. The Hall–Kier alpha value is -3.08. The molecule has 1 heterocycles. The van der Waals surface area contributed by atoms with E-state index >= 15 is 0 Å². The van der Waals surface area contributed by atoms with Crippen molar-refractivity contribution < 1.29 is 14.3 Å². The summed E-state index contributed by atoms with van der Waals surface area (Å²) in [6.07, 6.45) is 1.57. The fourth-order valence-electron chi connectivity index (χ4n) is 2.18. The molecule has 0 bridgehead atoms. The Morgan fingerprint density at radius 3 is 2.32 bits per heavy atom. The molecule has 0 atom stereocenters. The maximum atomic E-state index is 12.4. The topological polar surface area (TPSA) is 58.6 Å². The molecular weight excluding hydrogens is 280 g/mol. The number of hydrogen-bond donors (Lipinski definition) is 1. The number of carbonyl (C=O) groups excluding carboxylic acids is 2. The average molecular weight is 294 g/mol. The third-order valence-electron chi connectivity index (χ3n) is 3.33. The number of anilines is 1. The van der Waals surface area contributed by atoms with Crippen LogP contribution in [0.5, 0.6) is 5.75 Å². The summed E-state index contributed by atoms with van der Waals surface area (Å²) >= 11 is 0. The Morgan fingerprint density at radius 2 is 1.68 bits per heavy atom. The Kier molecular flexibility index (Phi) is 3.62. The van der Waals surface area contributed by atoms with Crippen LogP contribution in [0.25, 0.3) is 6.08 Å². The van der Waals surface area contributed by atoms with Gasteiger partial charge in [-0.3, -0.25) is 15.0 Å². The molecule has 1 saturated heterocycles. The highest BCUT2D eigenvalue weighted by Gasteiger charge is 2.34. The fourth-order valence-corrected chi connectivity index (χ4v) is 2.18. The van der Waals surface area contributed by atoms with Gasteiger partial charge in [-0.05, 0) is 35.9 Å². The molecular formula is C17H14N2O3. The monoisotopic (exact) mass is 294 g/mol. The molecule has 1 N–H and O–H groups in total. The first-order valence-corrected chi connectivity index (χ1v) is 6.75. The number of para-hydroxylation sites is 1. The first kappa shape index (κ1) is 13.9. The third-order valence-corrected chi connectivity index (χ3v) is 3.33. The first-order valence-electron chi connectivity index (χ1n) is 6.75. The van der Waals surface area contributed by atoms with Crippen LogP contribution in [-0.2, 0) is 9.59 Å². The van der Waals surface area contributed by atoms with E-state index in [1.165, 1.54) is 5.01 Å². The molecule has 1 fully saturated rings. The van der Waals surface area contributed by atoms with Crippen LogP contribution in [-0.4, -0.2) is 18.9 Å². The van der Waals surface area contributed by atoms with E-state index in [4.69, 9.17) is 4.74 Å². The molecule has 0 saturated carbocycles. The Labute approximate surface area is 127 Å². The normalized spacial score (nSPS) is 16.0. The van der Waals surface area contributed by atoms with E-state index in [1.54, 1.807) is 61.7 Å². The lowest BCUT2D eigenvalue weighted by molar-refractivity contribution is -0.117. The van der Waals surface area contributed by atoms with Gasteiger partial charge in [0, 0.05) is 0 Å². The van der Waals surface area contributed by atoms with Gasteiger partial charge >= 0.3 is 0 Å². The number of rotatable bonds is 3. The molecule has 2 amide bonds. The highest BCUT2D eigenvalue weighted by molar-refractivity contribution is 6.31. The van der Waals surface area contributed by atoms with Crippen molar-refractivity contribution in [2.45, 2.75) is 0 Å². The van der Waals surface area contributed by atoms with Crippen LogP contribution in [0.15, 0.2) is 60.2 Å². The molecule has 0 spiro atoms. The van der Waals surface area contributed by atoms with Crippen LogP contribution < -0.4 is 15.2 Å². The number of nitrogens with zero attached hydrogens (tertiary/aromatic N) is 1. The maximum absolute atomic E-state index is 12.4. The van der Waals surface area contributed by atoms with Crippen LogP contribution in [0, 0.1) is 0 Å². The lowest BCUT2D eigenvalue weighted by Gasteiger charge is -2.13. The Morgan fingerprint density at radius 1 is 1.00 bits per heavy atom. The average Bonchev–Trinajstić information content (AvgIpc) is 2.84. The van der Waals surface area contributed by atoms with Gasteiger partial charge in [0.25, 0.3) is 11.8 Å². The van der Waals surface area contributed by atoms with Gasteiger partial charge in [-0.15, -0.1) is 0 Å². The summed E-state index contributed by atoms with van der Waals surface area (Å²) in [5, 5.41) is 1.25. The van der Waals surface area contributed by atoms with Crippen molar-refractivity contribution >= 4 is 23.6 Å². The Balaban J connectivity index is 1.89. The number of hydrogen-bond acceptors (Lipinski definition) is 3. The molecule has 5 heteroatoms. The Bertz CT molecular complexity index is 736. The number of amides is 2. The zero-order valence-corrected chi connectivity index (χ0v) is 11.9. The number of benzene rings is 2. The quantitative estimate of drug-likeness (QED) is 0.697. The van der Waals surface area contributed by atoms with E-state index < -0.39 is 5.91 Å². The highest BCUT2D eigenvalue weighted by Crippen LogP contribution is 2.21. The summed E-state index contributed by atoms with van der Waals surface area (Å²) in [6.45, 7) is 0. The van der Waals surface area contributed by atoms with Crippen molar-refractivity contribution in [3.63, 3.8) is 0 Å². The summed E-state index contributed by atoms with van der Waals surface area (Å²) in [4.78, 5) is 24.4. The number of hydrazine groups is 1. The molecule has 2 aromatic rings. The minimum absolute atomic E-state index is 0.106. The third kappa shape index (κ3) is 2.56. The number of nitrogens with one attached hydrogen (secondary N) is 1. The molecule has 2 aromatic carbocycles. The van der Waals surface area contributed by atoms with Crippen LogP contribution in [0.1, 0.15) is 5.56 Å². The van der Waals surface area contributed by atoms with Crippen molar-refractivity contribution in [3.8, 4) is 5.75 Å². The standard InChI is InChI=1S/C17H14N2O3/c1-22-14-9-7-12(8-10-14)11-15-16(20)18-19(17(15)21)13-5-3-2-4-6-13/h2-11H,1H3,(H,18,20)/b15-11+. The molecule has 0 unspecified atom stereocenters. The van der Waals surface area contributed by atoms with Gasteiger partial charge in [-0.1, -0.05) is 30.3 Å². The van der Waals surface area contributed by atoms with Crippen LogP contribution in [0.2, 0.25) is 0 Å². The predicted octanol–water partition coefficient (Wildman–Crippen LogP) is 2.16. The first-order chi connectivity index (χ1) is 10.7. The summed E-state index contributed by atoms with van der Waals surface area (Å²) in [6, 6.07) is 16.1. The number of carbonyl (C=O) groups is 2. The maximum Gasteiger partial charge on any atom is 0.282 e. The summed E-state index contributed by atoms with van der Waals surface area (Å²) in [7, 11) is 1.58. The summed E-state index contributed by atoms with van der Waals surface area (Å²) < 4.78 is 5.08. The van der Waals surface area contributed by atoms with Crippen LogP contribution in [0.3, 0.4) is 0 Å². The van der Waals surface area contributed by atoms with Gasteiger partial charge in [0.05, 0.1) is 12.8 Å². The van der Waals surface area contributed by atoms with Crippen LogP contribution >= 0.6 is 0 Å². The second-order valence-corrected chi connectivity index (χ2v) is 4.75. The van der Waals surface area contributed by atoms with E-state index in [2.05, 4.69) is 5.43 Å². The summed E-state index contributed by atoms with van der Waals surface area (Å²) in [5.41, 5.74) is 4.05. The van der Waals surface area contributed by atoms with Crippen molar-refractivity contribution in [1.29, 1.82) is 0 Å². The molecule has 22 heavy (non-hydrogen) atoms. The minimum atomic E-state index is -0.412. The van der Waals surface area contributed by atoms with Gasteiger partial charge in [0.15, 0.2) is 0 Å². The van der Waals surface area contributed by atoms with E-state index in [0.29, 0.717) is 5.69 Å². The predicted molar refractivity (Wildman–Crippen MR) is 83.0 cm³/mol. The second kappa shape index (κ2) is 5.73. The zero-order valence-electron chi connectivity index (χ0n) is 11.9. The van der Waals surface area contributed by atoms with Gasteiger partial charge in [-0.25, -0.2) is 5.01 Å². The molecule has 0 radical (unpaired) electrons. The zero-order chi connectivity index (χ0) is 15.5. The molecule has 0 aliphatic carbocycles. The fraction of sp³-hybridized carbons (Fsp3) is 0.0588. The van der Waals surface area contributed by atoms with Gasteiger partial charge in [0.1, 0.15) is 11.3 Å². The van der Waals surface area contributed by atoms with Gasteiger partial charge in [0.2, 0.25) is 0 Å². The second-order valence-electron chi connectivity index (χ2n) is 4.75. The van der Waals surface area contributed by atoms with E-state index in [-0.39, 0.29) is 11.5 Å². The van der Waals surface area contributed by atoms with Crippen molar-refractivity contribution in [1.82, 2.24) is 5.43 Å². The molecule has 3 rings (SSSR count). The van der Waals surface area contributed by atoms with Gasteiger partial charge in [-0.2, -0.15) is 0 Å². The van der Waals surface area contributed by atoms with E-state index in [9.17, 15) is 9.59 Å². The van der Waals surface area contributed by atoms with Crippen molar-refractivity contribution in [2.75, 3.05) is 12.1 Å². The van der Waals surface area contributed by atoms with Gasteiger partial charge < -0.3 is 4.74 Å². The van der Waals surface area contributed by atoms with Crippen molar-refractivity contribution in [3.05, 3.63) is 65.7 Å². The van der Waals surface area contributed by atoms with E-state index in [0.717, 1.165) is 11.3 Å². The number of ether oxygens (including phenoxy) is 1. The molecule has 1 aliphatic heterocycles. The molecule has 5 nitrogen and oxygen atoms in total. The van der Waals surface area contributed by atoms with Crippen LogP contribution in [0.4, 0.5) is 5.69 Å². The minimum Gasteiger partial charge on any atom is -0.497 e. The largest absolute Gasteiger partial charge is 0.497 e. The lowest BCUT2D eigenvalue weighted by atomic mass is 10.1. The lowest BCUT2D eigenvalue weighted by Crippen LogP contribution is -2.35. The van der Waals surface area contributed by atoms with E-state index in [1.807, 2.05) is 6.07 Å². The van der Waals surface area contributed by atoms with Crippen molar-refractivity contribution in [2.24, 2.45) is 0 Å². The smallest absolute Gasteiger partial charge is 0.282 e. The summed E-state index contributed by atoms with van der Waals surface area (Å²) in [5.74, 6) is -0.0630. The number of methoxy groups -OCH3 is 1. The molecule has 0 aromatic heterocycles. The highest BCUT2D eigenvalue weighted by atomic mass is 16.5.